The third-order valence-corrected chi connectivity index (χ3v) is 2.76. The molecule has 2 aromatic rings. The standard InChI is InChI=1S/C15H14N2/c1-11(2)14-7-8-15(17-10-14)13-5-3-12(9-16)4-6-13/h3-8,10-11H,1-2H3. The largest absolute Gasteiger partial charge is 0.256 e. The fraction of sp³-hybridized carbons (Fsp3) is 0.200. The molecule has 1 aromatic carbocycles. The van der Waals surface area contributed by atoms with Crippen LogP contribution in [0.25, 0.3) is 11.3 Å². The van der Waals surface area contributed by atoms with Gasteiger partial charge < -0.3 is 0 Å². The molecule has 0 atom stereocenters. The predicted octanol–water partition coefficient (Wildman–Crippen LogP) is 3.74. The molecule has 2 nitrogen and oxygen atoms in total. The average Bonchev–Trinajstić information content (AvgIpc) is 2.39. The molecule has 0 aliphatic carbocycles. The van der Waals surface area contributed by atoms with Crippen LogP contribution in [0.2, 0.25) is 0 Å². The molecule has 0 radical (unpaired) electrons. The van der Waals surface area contributed by atoms with Crippen molar-refractivity contribution in [2.24, 2.45) is 0 Å². The van der Waals surface area contributed by atoms with Crippen LogP contribution >= 0.6 is 0 Å². The normalized spacial score (nSPS) is 10.2. The first-order valence-electron chi connectivity index (χ1n) is 5.67. The number of nitrogens with zero attached hydrogens (tertiary/aromatic N) is 2. The summed E-state index contributed by atoms with van der Waals surface area (Å²) in [5.41, 5.74) is 3.90. The first kappa shape index (κ1) is 11.3. The molecule has 0 unspecified atom stereocenters. The highest BCUT2D eigenvalue weighted by molar-refractivity contribution is 5.60. The first-order chi connectivity index (χ1) is 8.20. The van der Waals surface area contributed by atoms with Crippen molar-refractivity contribution in [1.82, 2.24) is 4.98 Å². The summed E-state index contributed by atoms with van der Waals surface area (Å²) in [4.78, 5) is 4.44. The van der Waals surface area contributed by atoms with E-state index < -0.39 is 0 Å². The maximum Gasteiger partial charge on any atom is 0.0991 e. The van der Waals surface area contributed by atoms with Crippen molar-refractivity contribution >= 4 is 0 Å². The quantitative estimate of drug-likeness (QED) is 0.776. The highest BCUT2D eigenvalue weighted by Crippen LogP contribution is 2.20. The Hall–Kier alpha value is -2.14. The van der Waals surface area contributed by atoms with Gasteiger partial charge >= 0.3 is 0 Å². The Balaban J connectivity index is 2.30. The van der Waals surface area contributed by atoms with Crippen molar-refractivity contribution in [3.8, 4) is 17.3 Å². The smallest absolute Gasteiger partial charge is 0.0991 e. The average molecular weight is 222 g/mol. The van der Waals surface area contributed by atoms with Gasteiger partial charge in [-0.3, -0.25) is 4.98 Å². The maximum absolute atomic E-state index is 8.73. The molecule has 17 heavy (non-hydrogen) atoms. The van der Waals surface area contributed by atoms with Gasteiger partial charge in [0.15, 0.2) is 0 Å². The summed E-state index contributed by atoms with van der Waals surface area (Å²) in [6.07, 6.45) is 1.91. The minimum Gasteiger partial charge on any atom is -0.256 e. The van der Waals surface area contributed by atoms with E-state index in [1.165, 1.54) is 5.56 Å². The molecule has 0 saturated heterocycles. The van der Waals surface area contributed by atoms with Gasteiger partial charge in [0.2, 0.25) is 0 Å². The lowest BCUT2D eigenvalue weighted by Crippen LogP contribution is -1.90. The Morgan fingerprint density at radius 1 is 1.06 bits per heavy atom. The molecule has 0 N–H and O–H groups in total. The molecule has 0 aliphatic rings. The summed E-state index contributed by atoms with van der Waals surface area (Å²) in [6, 6.07) is 13.7. The maximum atomic E-state index is 8.73. The lowest BCUT2D eigenvalue weighted by molar-refractivity contribution is 0.859. The van der Waals surface area contributed by atoms with E-state index in [1.54, 1.807) is 0 Å². The highest BCUT2D eigenvalue weighted by atomic mass is 14.7. The first-order valence-corrected chi connectivity index (χ1v) is 5.67. The van der Waals surface area contributed by atoms with Crippen molar-refractivity contribution in [2.45, 2.75) is 19.8 Å². The fourth-order valence-corrected chi connectivity index (χ4v) is 1.63. The van der Waals surface area contributed by atoms with E-state index >= 15 is 0 Å². The van der Waals surface area contributed by atoms with Crippen LogP contribution in [0, 0.1) is 11.3 Å². The number of benzene rings is 1. The molecule has 1 aromatic heterocycles. The summed E-state index contributed by atoms with van der Waals surface area (Å²) in [6.45, 7) is 4.30. The molecule has 2 heteroatoms. The van der Waals surface area contributed by atoms with Crippen LogP contribution in [0.15, 0.2) is 42.6 Å². The molecular weight excluding hydrogens is 208 g/mol. The van der Waals surface area contributed by atoms with Gasteiger partial charge in [0.1, 0.15) is 0 Å². The van der Waals surface area contributed by atoms with Gasteiger partial charge in [-0.05, 0) is 29.7 Å². The van der Waals surface area contributed by atoms with Crippen LogP contribution in [0.5, 0.6) is 0 Å². The number of nitriles is 1. The number of hydrogen-bond donors (Lipinski definition) is 0. The van der Waals surface area contributed by atoms with E-state index in [1.807, 2.05) is 36.5 Å². The Morgan fingerprint density at radius 3 is 2.24 bits per heavy atom. The van der Waals surface area contributed by atoms with Crippen LogP contribution < -0.4 is 0 Å². The second kappa shape index (κ2) is 4.80. The lowest BCUT2D eigenvalue weighted by atomic mass is 10.0. The molecule has 2 rings (SSSR count). The minimum absolute atomic E-state index is 0.498. The highest BCUT2D eigenvalue weighted by Gasteiger charge is 2.02. The van der Waals surface area contributed by atoms with Gasteiger partial charge in [-0.1, -0.05) is 32.0 Å². The monoisotopic (exact) mass is 222 g/mol. The van der Waals surface area contributed by atoms with Gasteiger partial charge in [0.05, 0.1) is 17.3 Å². The van der Waals surface area contributed by atoms with Crippen LogP contribution in [-0.2, 0) is 0 Å². The predicted molar refractivity (Wildman–Crippen MR) is 68.5 cm³/mol. The minimum atomic E-state index is 0.498. The second-order valence-corrected chi connectivity index (χ2v) is 4.32. The van der Waals surface area contributed by atoms with Crippen molar-refractivity contribution in [1.29, 1.82) is 5.26 Å². The summed E-state index contributed by atoms with van der Waals surface area (Å²) in [5, 5.41) is 8.73. The zero-order valence-corrected chi connectivity index (χ0v) is 10.0. The zero-order valence-electron chi connectivity index (χ0n) is 10.0. The molecule has 0 bridgehead atoms. The van der Waals surface area contributed by atoms with E-state index in [9.17, 15) is 0 Å². The molecule has 0 aliphatic heterocycles. The number of aromatic nitrogens is 1. The van der Waals surface area contributed by atoms with Gasteiger partial charge in [-0.25, -0.2) is 0 Å². The SMILES string of the molecule is CC(C)c1ccc(-c2ccc(C#N)cc2)nc1. The van der Waals surface area contributed by atoms with Crippen LogP contribution in [0.4, 0.5) is 0 Å². The van der Waals surface area contributed by atoms with E-state index in [0.29, 0.717) is 11.5 Å². The summed E-state index contributed by atoms with van der Waals surface area (Å²) in [7, 11) is 0. The number of rotatable bonds is 2. The fourth-order valence-electron chi connectivity index (χ4n) is 1.63. The molecule has 0 saturated carbocycles. The van der Waals surface area contributed by atoms with E-state index in [2.05, 4.69) is 31.0 Å². The lowest BCUT2D eigenvalue weighted by Gasteiger charge is -2.06. The third-order valence-electron chi connectivity index (χ3n) is 2.76. The Bertz CT molecular complexity index is 531. The van der Waals surface area contributed by atoms with Crippen molar-refractivity contribution in [2.75, 3.05) is 0 Å². The molecule has 1 heterocycles. The summed E-state index contributed by atoms with van der Waals surface area (Å²) >= 11 is 0. The molecule has 0 spiro atoms. The van der Waals surface area contributed by atoms with Gasteiger partial charge in [0, 0.05) is 11.8 Å². The Labute approximate surface area is 102 Å². The van der Waals surface area contributed by atoms with Crippen LogP contribution in [-0.4, -0.2) is 4.98 Å². The van der Waals surface area contributed by atoms with Crippen LogP contribution in [0.1, 0.15) is 30.9 Å². The van der Waals surface area contributed by atoms with Crippen molar-refractivity contribution in [3.05, 3.63) is 53.7 Å². The van der Waals surface area contributed by atoms with E-state index in [4.69, 9.17) is 5.26 Å². The van der Waals surface area contributed by atoms with Crippen molar-refractivity contribution in [3.63, 3.8) is 0 Å². The van der Waals surface area contributed by atoms with Crippen LogP contribution in [0.3, 0.4) is 0 Å². The van der Waals surface area contributed by atoms with Gasteiger partial charge in [-0.15, -0.1) is 0 Å². The van der Waals surface area contributed by atoms with Gasteiger partial charge in [-0.2, -0.15) is 5.26 Å². The van der Waals surface area contributed by atoms with Gasteiger partial charge in [0.25, 0.3) is 0 Å². The zero-order chi connectivity index (χ0) is 12.3. The van der Waals surface area contributed by atoms with E-state index in [0.717, 1.165) is 11.3 Å². The molecule has 0 fully saturated rings. The van der Waals surface area contributed by atoms with E-state index in [-0.39, 0.29) is 0 Å². The molecule has 0 amide bonds. The summed E-state index contributed by atoms with van der Waals surface area (Å²) < 4.78 is 0. The third kappa shape index (κ3) is 2.51. The second-order valence-electron chi connectivity index (χ2n) is 4.32. The molecular formula is C15H14N2. The molecule has 84 valence electrons. The topological polar surface area (TPSA) is 36.7 Å². The Kier molecular flexibility index (Phi) is 3.20. The Morgan fingerprint density at radius 2 is 1.76 bits per heavy atom. The number of hydrogen-bond acceptors (Lipinski definition) is 2. The van der Waals surface area contributed by atoms with Crippen molar-refractivity contribution < 1.29 is 0 Å². The number of pyridine rings is 1. The summed E-state index contributed by atoms with van der Waals surface area (Å²) in [5.74, 6) is 0.498.